The SMILES string of the molecule is Cn1nnc2c(C(=O)CO)ncn2c1=O. The molecule has 2 heterocycles. The molecule has 78 valence electrons. The number of carbonyl (C=O) groups is 1. The molecule has 0 aliphatic heterocycles. The molecule has 0 spiro atoms. The lowest BCUT2D eigenvalue weighted by Gasteiger charge is -1.95. The number of rotatable bonds is 2. The Morgan fingerprint density at radius 2 is 2.33 bits per heavy atom. The average Bonchev–Trinajstić information content (AvgIpc) is 2.66. The summed E-state index contributed by atoms with van der Waals surface area (Å²) in [6.07, 6.45) is 1.18. The maximum atomic E-state index is 11.5. The Labute approximate surface area is 82.8 Å². The molecule has 0 aliphatic rings. The van der Waals surface area contributed by atoms with Crippen molar-refractivity contribution in [2.45, 2.75) is 0 Å². The summed E-state index contributed by atoms with van der Waals surface area (Å²) in [7, 11) is 1.43. The topological polar surface area (TPSA) is 102 Å². The van der Waals surface area contributed by atoms with Gasteiger partial charge in [0.05, 0.1) is 0 Å². The third-order valence-corrected chi connectivity index (χ3v) is 1.91. The highest BCUT2D eigenvalue weighted by atomic mass is 16.3. The van der Waals surface area contributed by atoms with Gasteiger partial charge in [0.15, 0.2) is 11.3 Å². The third-order valence-electron chi connectivity index (χ3n) is 1.91. The number of nitrogens with zero attached hydrogens (tertiary/aromatic N) is 5. The summed E-state index contributed by atoms with van der Waals surface area (Å²) in [5, 5.41) is 15.8. The van der Waals surface area contributed by atoms with Crippen LogP contribution in [0.25, 0.3) is 5.65 Å². The summed E-state index contributed by atoms with van der Waals surface area (Å²) in [6.45, 7) is -0.677. The summed E-state index contributed by atoms with van der Waals surface area (Å²) in [5.41, 5.74) is -0.454. The normalized spacial score (nSPS) is 10.8. The summed E-state index contributed by atoms with van der Waals surface area (Å²) >= 11 is 0. The van der Waals surface area contributed by atoms with E-state index < -0.39 is 18.1 Å². The Kier molecular flexibility index (Phi) is 2.05. The molecule has 0 bridgehead atoms. The zero-order valence-corrected chi connectivity index (χ0v) is 7.78. The maximum absolute atomic E-state index is 11.5. The first-order valence-corrected chi connectivity index (χ1v) is 4.06. The minimum atomic E-state index is -0.677. The van der Waals surface area contributed by atoms with Gasteiger partial charge in [-0.05, 0) is 0 Å². The molecule has 1 N–H and O–H groups in total. The molecule has 0 radical (unpaired) electrons. The molecule has 2 rings (SSSR count). The van der Waals surface area contributed by atoms with Crippen LogP contribution in [0.3, 0.4) is 0 Å². The fourth-order valence-corrected chi connectivity index (χ4v) is 1.15. The number of aromatic nitrogens is 5. The van der Waals surface area contributed by atoms with Gasteiger partial charge >= 0.3 is 5.69 Å². The second-order valence-corrected chi connectivity index (χ2v) is 2.86. The summed E-state index contributed by atoms with van der Waals surface area (Å²) in [5.74, 6) is -0.597. The van der Waals surface area contributed by atoms with Crippen LogP contribution in [0.1, 0.15) is 10.5 Å². The molecule has 8 heteroatoms. The van der Waals surface area contributed by atoms with Gasteiger partial charge in [0.2, 0.25) is 5.78 Å². The minimum Gasteiger partial charge on any atom is -0.388 e. The number of Topliss-reactive ketones (excluding diaryl/α,β-unsaturated/α-hetero) is 1. The number of imidazole rings is 1. The summed E-state index contributed by atoms with van der Waals surface area (Å²) < 4.78 is 2.11. The van der Waals surface area contributed by atoms with E-state index in [1.165, 1.54) is 13.4 Å². The van der Waals surface area contributed by atoms with Gasteiger partial charge in [0, 0.05) is 7.05 Å². The van der Waals surface area contributed by atoms with Gasteiger partial charge in [0.25, 0.3) is 0 Å². The van der Waals surface area contributed by atoms with E-state index in [4.69, 9.17) is 5.11 Å². The molecule has 0 saturated carbocycles. The van der Waals surface area contributed by atoms with Crippen LogP contribution in [0.2, 0.25) is 0 Å². The quantitative estimate of drug-likeness (QED) is 0.574. The Bertz CT molecular complexity index is 584. The molecule has 15 heavy (non-hydrogen) atoms. The van der Waals surface area contributed by atoms with Crippen LogP contribution < -0.4 is 5.69 Å². The van der Waals surface area contributed by atoms with E-state index in [0.717, 1.165) is 9.08 Å². The Hall–Kier alpha value is -2.09. The second kappa shape index (κ2) is 3.24. The minimum absolute atomic E-state index is 0.0529. The highest BCUT2D eigenvalue weighted by molar-refractivity contribution is 6.00. The summed E-state index contributed by atoms with van der Waals surface area (Å²) in [4.78, 5) is 26.4. The molecular formula is C7H7N5O3. The van der Waals surface area contributed by atoms with Crippen molar-refractivity contribution in [2.75, 3.05) is 6.61 Å². The zero-order valence-electron chi connectivity index (χ0n) is 7.78. The van der Waals surface area contributed by atoms with Crippen molar-refractivity contribution in [1.82, 2.24) is 24.4 Å². The number of hydrogen-bond donors (Lipinski definition) is 1. The lowest BCUT2D eigenvalue weighted by atomic mass is 10.3. The number of carbonyl (C=O) groups excluding carboxylic acids is 1. The van der Waals surface area contributed by atoms with E-state index in [0.29, 0.717) is 0 Å². The Morgan fingerprint density at radius 3 is 3.00 bits per heavy atom. The zero-order chi connectivity index (χ0) is 11.0. The van der Waals surface area contributed by atoms with Crippen molar-refractivity contribution in [3.05, 3.63) is 22.5 Å². The van der Waals surface area contributed by atoms with Gasteiger partial charge in [-0.25, -0.2) is 14.2 Å². The highest BCUT2D eigenvalue weighted by Gasteiger charge is 2.15. The first-order valence-electron chi connectivity index (χ1n) is 4.06. The average molecular weight is 209 g/mol. The number of aryl methyl sites for hydroxylation is 1. The third kappa shape index (κ3) is 1.31. The highest BCUT2D eigenvalue weighted by Crippen LogP contribution is 2.02. The number of fused-ring (bicyclic) bond motifs is 1. The van der Waals surface area contributed by atoms with Crippen molar-refractivity contribution in [3.63, 3.8) is 0 Å². The standard InChI is InChI=1S/C7H7N5O3/c1-11-7(15)12-3-8-5(4(14)2-13)6(12)9-10-11/h3,13H,2H2,1H3. The van der Waals surface area contributed by atoms with Crippen LogP contribution in [0.4, 0.5) is 0 Å². The number of aliphatic hydroxyl groups excluding tert-OH is 1. The van der Waals surface area contributed by atoms with Crippen LogP contribution >= 0.6 is 0 Å². The van der Waals surface area contributed by atoms with E-state index in [1.54, 1.807) is 0 Å². The van der Waals surface area contributed by atoms with Gasteiger partial charge < -0.3 is 5.11 Å². The predicted octanol–water partition coefficient (Wildman–Crippen LogP) is -2.00. The van der Waals surface area contributed by atoms with E-state index in [9.17, 15) is 9.59 Å². The smallest absolute Gasteiger partial charge is 0.352 e. The van der Waals surface area contributed by atoms with E-state index in [2.05, 4.69) is 15.3 Å². The van der Waals surface area contributed by atoms with E-state index in [1.807, 2.05) is 0 Å². The Balaban J connectivity index is 2.78. The number of ketones is 1. The lowest BCUT2D eigenvalue weighted by Crippen LogP contribution is -2.27. The second-order valence-electron chi connectivity index (χ2n) is 2.86. The van der Waals surface area contributed by atoms with E-state index >= 15 is 0 Å². The largest absolute Gasteiger partial charge is 0.388 e. The van der Waals surface area contributed by atoms with Gasteiger partial charge in [0.1, 0.15) is 12.9 Å². The Morgan fingerprint density at radius 1 is 1.60 bits per heavy atom. The molecule has 0 atom stereocenters. The fourth-order valence-electron chi connectivity index (χ4n) is 1.15. The van der Waals surface area contributed by atoms with Gasteiger partial charge in [-0.2, -0.15) is 4.68 Å². The van der Waals surface area contributed by atoms with Crippen LogP contribution in [0, 0.1) is 0 Å². The molecule has 0 amide bonds. The molecule has 0 aromatic carbocycles. The van der Waals surface area contributed by atoms with Gasteiger partial charge in [-0.1, -0.05) is 5.21 Å². The molecule has 2 aromatic heterocycles. The maximum Gasteiger partial charge on any atom is 0.352 e. The molecule has 0 saturated heterocycles. The van der Waals surface area contributed by atoms with Crippen molar-refractivity contribution < 1.29 is 9.90 Å². The van der Waals surface area contributed by atoms with Crippen LogP contribution in [-0.2, 0) is 7.05 Å². The molecule has 0 aliphatic carbocycles. The summed E-state index contributed by atoms with van der Waals surface area (Å²) in [6, 6.07) is 0. The first-order chi connectivity index (χ1) is 7.15. The molecule has 8 nitrogen and oxygen atoms in total. The fraction of sp³-hybridized carbons (Fsp3) is 0.286. The molecule has 0 fully saturated rings. The van der Waals surface area contributed by atoms with Crippen LogP contribution in [0.15, 0.2) is 11.1 Å². The molecule has 0 unspecified atom stereocenters. The monoisotopic (exact) mass is 209 g/mol. The van der Waals surface area contributed by atoms with Crippen LogP contribution in [0.5, 0.6) is 0 Å². The first kappa shape index (κ1) is 9.46. The number of hydrogen-bond acceptors (Lipinski definition) is 6. The lowest BCUT2D eigenvalue weighted by molar-refractivity contribution is 0.0900. The van der Waals surface area contributed by atoms with Gasteiger partial charge in [-0.15, -0.1) is 5.10 Å². The van der Waals surface area contributed by atoms with E-state index in [-0.39, 0.29) is 11.3 Å². The van der Waals surface area contributed by atoms with Crippen LogP contribution in [-0.4, -0.2) is 41.9 Å². The van der Waals surface area contributed by atoms with Crippen molar-refractivity contribution in [2.24, 2.45) is 7.05 Å². The molecule has 2 aromatic rings. The van der Waals surface area contributed by atoms with Crippen molar-refractivity contribution >= 4 is 11.4 Å². The van der Waals surface area contributed by atoms with Crippen molar-refractivity contribution in [1.29, 1.82) is 0 Å². The predicted molar refractivity (Wildman–Crippen MR) is 47.4 cm³/mol. The van der Waals surface area contributed by atoms with Crippen molar-refractivity contribution in [3.8, 4) is 0 Å². The molecular weight excluding hydrogens is 202 g/mol. The van der Waals surface area contributed by atoms with Gasteiger partial charge in [-0.3, -0.25) is 4.79 Å². The number of aliphatic hydroxyl groups is 1.